The zero-order chi connectivity index (χ0) is 23.6. The lowest BCUT2D eigenvalue weighted by Crippen LogP contribution is -2.19. The van der Waals surface area contributed by atoms with Gasteiger partial charge in [-0.05, 0) is 62.3 Å². The Kier molecular flexibility index (Phi) is 9.78. The zero-order valence-corrected chi connectivity index (χ0v) is 20.0. The minimum Gasteiger partial charge on any atom is -0.461 e. The number of hydrogen-bond donors (Lipinski definition) is 2. The molecular formula is C29H38O4. The van der Waals surface area contributed by atoms with E-state index in [1.54, 1.807) is 0 Å². The van der Waals surface area contributed by atoms with Gasteiger partial charge in [0.05, 0.1) is 12.2 Å². The largest absolute Gasteiger partial charge is 0.461 e. The monoisotopic (exact) mass is 450 g/mol. The molecule has 0 heterocycles. The highest BCUT2D eigenvalue weighted by Gasteiger charge is 2.44. The third-order valence-electron chi connectivity index (χ3n) is 7.09. The Labute approximate surface area is 198 Å². The van der Waals surface area contributed by atoms with Crippen LogP contribution in [0.1, 0.15) is 64.4 Å². The first-order chi connectivity index (χ1) is 16.0. The topological polar surface area (TPSA) is 66.8 Å². The number of rotatable bonds is 10. The maximum atomic E-state index is 12.0. The van der Waals surface area contributed by atoms with E-state index in [4.69, 9.17) is 4.74 Å². The van der Waals surface area contributed by atoms with E-state index in [0.717, 1.165) is 37.7 Å². The lowest BCUT2D eigenvalue weighted by atomic mass is 9.89. The summed E-state index contributed by atoms with van der Waals surface area (Å²) in [5, 5.41) is 20.9. The van der Waals surface area contributed by atoms with Crippen molar-refractivity contribution in [3.05, 3.63) is 59.7 Å². The van der Waals surface area contributed by atoms with Gasteiger partial charge in [-0.15, -0.1) is 11.8 Å². The van der Waals surface area contributed by atoms with E-state index in [1.165, 1.54) is 5.57 Å². The van der Waals surface area contributed by atoms with Gasteiger partial charge in [-0.3, -0.25) is 4.79 Å². The van der Waals surface area contributed by atoms with Crippen LogP contribution in [0.15, 0.2) is 54.1 Å². The number of ether oxygens (including phenoxy) is 1. The maximum absolute atomic E-state index is 12.0. The van der Waals surface area contributed by atoms with Crippen LogP contribution in [-0.2, 0) is 16.1 Å². The Hall–Kier alpha value is -2.35. The third kappa shape index (κ3) is 7.59. The number of carbonyl (C=O) groups is 1. The smallest absolute Gasteiger partial charge is 0.306 e. The first-order valence-corrected chi connectivity index (χ1v) is 12.3. The van der Waals surface area contributed by atoms with Crippen molar-refractivity contribution < 1.29 is 19.7 Å². The number of fused-ring (bicyclic) bond motifs is 1. The summed E-state index contributed by atoms with van der Waals surface area (Å²) in [6.45, 7) is 4.15. The van der Waals surface area contributed by atoms with Crippen LogP contribution in [0.5, 0.6) is 0 Å². The lowest BCUT2D eigenvalue weighted by molar-refractivity contribution is -0.145. The molecule has 4 nitrogen and oxygen atoms in total. The molecule has 0 spiro atoms. The summed E-state index contributed by atoms with van der Waals surface area (Å²) >= 11 is 0. The Bertz CT molecular complexity index is 876. The van der Waals surface area contributed by atoms with E-state index in [2.05, 4.69) is 17.9 Å². The number of allylic oxidation sites excluding steroid dienone is 2. The van der Waals surface area contributed by atoms with Gasteiger partial charge in [-0.25, -0.2) is 0 Å². The highest BCUT2D eigenvalue weighted by atomic mass is 16.5. The second-order valence-corrected chi connectivity index (χ2v) is 9.60. The predicted octanol–water partition coefficient (Wildman–Crippen LogP) is 5.20. The van der Waals surface area contributed by atoms with Crippen molar-refractivity contribution in [3.8, 4) is 11.8 Å². The van der Waals surface area contributed by atoms with Gasteiger partial charge in [0.2, 0.25) is 0 Å². The van der Waals surface area contributed by atoms with E-state index in [1.807, 2.05) is 56.3 Å². The van der Waals surface area contributed by atoms with Crippen LogP contribution in [0, 0.1) is 35.5 Å². The zero-order valence-electron chi connectivity index (χ0n) is 20.0. The Morgan fingerprint density at radius 3 is 2.82 bits per heavy atom. The van der Waals surface area contributed by atoms with Gasteiger partial charge in [0, 0.05) is 18.8 Å². The second-order valence-electron chi connectivity index (χ2n) is 9.60. The van der Waals surface area contributed by atoms with Crippen LogP contribution >= 0.6 is 0 Å². The summed E-state index contributed by atoms with van der Waals surface area (Å²) in [6.07, 6.45) is 11.0. The molecule has 4 heteroatoms. The minimum absolute atomic E-state index is 0.0847. The van der Waals surface area contributed by atoms with Crippen molar-refractivity contribution >= 4 is 5.97 Å². The van der Waals surface area contributed by atoms with Gasteiger partial charge >= 0.3 is 5.97 Å². The van der Waals surface area contributed by atoms with E-state index < -0.39 is 6.10 Å². The van der Waals surface area contributed by atoms with Crippen molar-refractivity contribution in [2.24, 2.45) is 23.7 Å². The summed E-state index contributed by atoms with van der Waals surface area (Å²) < 4.78 is 5.35. The molecule has 0 amide bonds. The fraction of sp³-hybridized carbons (Fsp3) is 0.552. The van der Waals surface area contributed by atoms with Crippen LogP contribution in [0.4, 0.5) is 0 Å². The number of hydrogen-bond acceptors (Lipinski definition) is 4. The molecule has 0 aromatic heterocycles. The minimum atomic E-state index is -0.532. The summed E-state index contributed by atoms with van der Waals surface area (Å²) in [7, 11) is 0. The molecule has 2 saturated carbocycles. The van der Waals surface area contributed by atoms with Gasteiger partial charge < -0.3 is 14.9 Å². The van der Waals surface area contributed by atoms with Crippen LogP contribution in [-0.4, -0.2) is 28.4 Å². The molecule has 178 valence electrons. The first kappa shape index (κ1) is 25.3. The van der Waals surface area contributed by atoms with E-state index in [-0.39, 0.29) is 23.9 Å². The van der Waals surface area contributed by atoms with Crippen molar-refractivity contribution in [2.45, 2.75) is 77.6 Å². The van der Waals surface area contributed by atoms with Gasteiger partial charge in [-0.2, -0.15) is 0 Å². The highest BCUT2D eigenvalue weighted by molar-refractivity contribution is 5.69. The molecular weight excluding hydrogens is 412 g/mol. The Morgan fingerprint density at radius 1 is 1.27 bits per heavy atom. The molecule has 3 rings (SSSR count). The summed E-state index contributed by atoms with van der Waals surface area (Å²) in [4.78, 5) is 12.0. The van der Waals surface area contributed by atoms with Crippen molar-refractivity contribution in [1.29, 1.82) is 0 Å². The fourth-order valence-corrected chi connectivity index (χ4v) is 5.12. The molecule has 1 aromatic carbocycles. The molecule has 2 N–H and O–H groups in total. The molecule has 0 radical (unpaired) electrons. The highest BCUT2D eigenvalue weighted by Crippen LogP contribution is 2.50. The molecule has 1 unspecified atom stereocenters. The van der Waals surface area contributed by atoms with Crippen LogP contribution in [0.3, 0.4) is 0 Å². The number of benzene rings is 1. The molecule has 2 fully saturated rings. The van der Waals surface area contributed by atoms with Gasteiger partial charge in [0.1, 0.15) is 6.61 Å². The van der Waals surface area contributed by atoms with Crippen molar-refractivity contribution in [2.75, 3.05) is 0 Å². The molecule has 2 aliphatic rings. The number of aliphatic hydroxyl groups is 2. The maximum Gasteiger partial charge on any atom is 0.306 e. The number of unbranched alkanes of at least 4 members (excludes halogenated alkanes) is 1. The average Bonchev–Trinajstić information content (AvgIpc) is 3.34. The fourth-order valence-electron chi connectivity index (χ4n) is 5.12. The van der Waals surface area contributed by atoms with Crippen molar-refractivity contribution in [3.63, 3.8) is 0 Å². The van der Waals surface area contributed by atoms with Crippen LogP contribution < -0.4 is 0 Å². The quantitative estimate of drug-likeness (QED) is 0.223. The molecule has 1 aromatic rings. The SMILES string of the molecule is CC#CCC(C)[C@H](O)C=C[C@@H]1[C@H]2CC(=CCCCC(=O)OCc3ccccc3)C[C@H]2C[C@H]1O. The van der Waals surface area contributed by atoms with E-state index >= 15 is 0 Å². The second kappa shape index (κ2) is 12.8. The molecule has 0 aliphatic heterocycles. The molecule has 0 saturated heterocycles. The van der Waals surface area contributed by atoms with E-state index in [9.17, 15) is 15.0 Å². The van der Waals surface area contributed by atoms with Gasteiger partial charge in [-0.1, -0.05) is 61.1 Å². The normalized spacial score (nSPS) is 27.2. The molecule has 2 aliphatic carbocycles. The average molecular weight is 451 g/mol. The van der Waals surface area contributed by atoms with E-state index in [0.29, 0.717) is 31.3 Å². The third-order valence-corrected chi connectivity index (χ3v) is 7.09. The summed E-state index contributed by atoms with van der Waals surface area (Å²) in [6, 6.07) is 9.74. The summed E-state index contributed by atoms with van der Waals surface area (Å²) in [5.41, 5.74) is 2.45. The first-order valence-electron chi connectivity index (χ1n) is 12.3. The molecule has 6 atom stereocenters. The molecule has 0 bridgehead atoms. The summed E-state index contributed by atoms with van der Waals surface area (Å²) in [5.74, 6) is 6.90. The van der Waals surface area contributed by atoms with Gasteiger partial charge in [0.25, 0.3) is 0 Å². The number of aliphatic hydroxyl groups excluding tert-OH is 2. The molecule has 33 heavy (non-hydrogen) atoms. The van der Waals surface area contributed by atoms with Crippen LogP contribution in [0.2, 0.25) is 0 Å². The van der Waals surface area contributed by atoms with Crippen LogP contribution in [0.25, 0.3) is 0 Å². The Balaban J connectivity index is 1.41. The van der Waals surface area contributed by atoms with Crippen molar-refractivity contribution in [1.82, 2.24) is 0 Å². The van der Waals surface area contributed by atoms with Gasteiger partial charge in [0.15, 0.2) is 0 Å². The number of esters is 1. The Morgan fingerprint density at radius 2 is 2.06 bits per heavy atom. The predicted molar refractivity (Wildman–Crippen MR) is 131 cm³/mol. The lowest BCUT2D eigenvalue weighted by Gasteiger charge is -2.19. The standard InChI is InChI=1S/C29H38O4/c1-3-4-10-21(2)27(30)16-15-25-26-18-23(17-24(26)19-28(25)31)13-8-9-14-29(32)33-20-22-11-6-5-7-12-22/h5-7,11-13,15-16,21,24-28,30-31H,8-10,14,17-20H2,1-2H3/t21?,24-,25+,26-,27+,28+/m0/s1. The number of carbonyl (C=O) groups excluding carboxylic acids is 1.